The van der Waals surface area contributed by atoms with E-state index in [0.29, 0.717) is 0 Å². The minimum Gasteiger partial charge on any atom is -0.386 e. The Morgan fingerprint density at radius 1 is 1.00 bits per heavy atom. The number of benzene rings is 2. The van der Waals surface area contributed by atoms with Crippen LogP contribution in [0, 0.1) is 17.5 Å². The zero-order valence-electron chi connectivity index (χ0n) is 11.8. The second-order valence-corrected chi connectivity index (χ2v) is 4.92. The van der Waals surface area contributed by atoms with Gasteiger partial charge in [0.15, 0.2) is 11.6 Å². The highest BCUT2D eigenvalue weighted by atomic mass is 19.2. The highest BCUT2D eigenvalue weighted by Gasteiger charge is 2.14. The molecular weight excluding hydrogens is 307 g/mol. The fourth-order valence-electron chi connectivity index (χ4n) is 2.24. The van der Waals surface area contributed by atoms with Gasteiger partial charge in [0, 0.05) is 23.6 Å². The SMILES string of the molecule is OC(CNc1ncnc2cc(F)c(F)cc12)c1ccccc1F. The molecule has 118 valence electrons. The maximum Gasteiger partial charge on any atom is 0.161 e. The van der Waals surface area contributed by atoms with Crippen LogP contribution in [-0.4, -0.2) is 21.6 Å². The highest BCUT2D eigenvalue weighted by molar-refractivity contribution is 5.88. The molecule has 23 heavy (non-hydrogen) atoms. The molecule has 0 saturated heterocycles. The number of rotatable bonds is 4. The van der Waals surface area contributed by atoms with E-state index in [1.165, 1.54) is 24.5 Å². The first-order valence-corrected chi connectivity index (χ1v) is 6.82. The summed E-state index contributed by atoms with van der Waals surface area (Å²) in [5.41, 5.74) is 0.359. The molecule has 0 aliphatic heterocycles. The molecule has 3 rings (SSSR count). The zero-order valence-corrected chi connectivity index (χ0v) is 11.8. The lowest BCUT2D eigenvalue weighted by Crippen LogP contribution is -2.14. The summed E-state index contributed by atoms with van der Waals surface area (Å²) in [4.78, 5) is 7.81. The van der Waals surface area contributed by atoms with E-state index in [2.05, 4.69) is 15.3 Å². The second kappa shape index (κ2) is 6.21. The molecule has 0 aliphatic rings. The van der Waals surface area contributed by atoms with Crippen LogP contribution >= 0.6 is 0 Å². The van der Waals surface area contributed by atoms with E-state index in [0.717, 1.165) is 12.1 Å². The molecule has 1 unspecified atom stereocenters. The topological polar surface area (TPSA) is 58.0 Å². The zero-order chi connectivity index (χ0) is 16.4. The number of aliphatic hydroxyl groups is 1. The number of aromatic nitrogens is 2. The Morgan fingerprint density at radius 3 is 2.52 bits per heavy atom. The molecule has 0 radical (unpaired) electrons. The van der Waals surface area contributed by atoms with Crippen molar-refractivity contribution in [2.45, 2.75) is 6.10 Å². The second-order valence-electron chi connectivity index (χ2n) is 4.92. The van der Waals surface area contributed by atoms with Gasteiger partial charge in [-0.2, -0.15) is 0 Å². The third kappa shape index (κ3) is 3.09. The average molecular weight is 319 g/mol. The number of fused-ring (bicyclic) bond motifs is 1. The van der Waals surface area contributed by atoms with Crippen molar-refractivity contribution in [3.63, 3.8) is 0 Å². The monoisotopic (exact) mass is 319 g/mol. The number of nitrogens with one attached hydrogen (secondary N) is 1. The van der Waals surface area contributed by atoms with Crippen LogP contribution in [0.15, 0.2) is 42.7 Å². The molecule has 3 aromatic rings. The number of halogens is 3. The summed E-state index contributed by atoms with van der Waals surface area (Å²) in [6.45, 7) is -0.0496. The summed E-state index contributed by atoms with van der Waals surface area (Å²) in [5, 5.41) is 13.1. The van der Waals surface area contributed by atoms with Gasteiger partial charge in [-0.1, -0.05) is 18.2 Å². The van der Waals surface area contributed by atoms with Crippen LogP contribution in [0.25, 0.3) is 10.9 Å². The molecule has 1 heterocycles. The molecule has 0 amide bonds. The van der Waals surface area contributed by atoms with Gasteiger partial charge in [-0.15, -0.1) is 0 Å². The maximum absolute atomic E-state index is 13.6. The summed E-state index contributed by atoms with van der Waals surface area (Å²) in [6.07, 6.45) is 0.0730. The van der Waals surface area contributed by atoms with Gasteiger partial charge in [0.1, 0.15) is 18.0 Å². The molecule has 4 nitrogen and oxygen atoms in total. The first kappa shape index (κ1) is 15.2. The summed E-state index contributed by atoms with van der Waals surface area (Å²) in [6, 6.07) is 7.78. The molecule has 2 aromatic carbocycles. The van der Waals surface area contributed by atoms with Crippen molar-refractivity contribution in [2.24, 2.45) is 0 Å². The van der Waals surface area contributed by atoms with Gasteiger partial charge in [-0.3, -0.25) is 0 Å². The molecule has 0 aliphatic carbocycles. The minimum absolute atomic E-state index is 0.0496. The lowest BCUT2D eigenvalue weighted by atomic mass is 10.1. The molecule has 0 saturated carbocycles. The summed E-state index contributed by atoms with van der Waals surface area (Å²) in [5.74, 6) is -2.33. The van der Waals surface area contributed by atoms with Gasteiger partial charge >= 0.3 is 0 Å². The Morgan fingerprint density at radius 2 is 1.74 bits per heavy atom. The first-order chi connectivity index (χ1) is 11.1. The van der Waals surface area contributed by atoms with Crippen molar-refractivity contribution in [3.05, 3.63) is 65.7 Å². The van der Waals surface area contributed by atoms with Crippen molar-refractivity contribution in [1.82, 2.24) is 9.97 Å². The third-order valence-corrected chi connectivity index (χ3v) is 3.40. The minimum atomic E-state index is -1.12. The van der Waals surface area contributed by atoms with Gasteiger partial charge < -0.3 is 10.4 Å². The van der Waals surface area contributed by atoms with Crippen LogP contribution in [-0.2, 0) is 0 Å². The third-order valence-electron chi connectivity index (χ3n) is 3.40. The quantitative estimate of drug-likeness (QED) is 0.775. The van der Waals surface area contributed by atoms with E-state index in [4.69, 9.17) is 0 Å². The van der Waals surface area contributed by atoms with Gasteiger partial charge in [0.05, 0.1) is 11.6 Å². The Balaban J connectivity index is 1.85. The van der Waals surface area contributed by atoms with Crippen molar-refractivity contribution in [3.8, 4) is 0 Å². The smallest absolute Gasteiger partial charge is 0.161 e. The number of nitrogens with zero attached hydrogens (tertiary/aromatic N) is 2. The maximum atomic E-state index is 13.6. The standard InChI is InChI=1S/C16H12F3N3O/c17-11-4-2-1-3-9(11)15(23)7-20-16-10-5-12(18)13(19)6-14(10)21-8-22-16/h1-6,8,15,23H,7H2,(H,20,21,22). The molecule has 0 spiro atoms. The fourth-order valence-corrected chi connectivity index (χ4v) is 2.24. The van der Waals surface area contributed by atoms with E-state index >= 15 is 0 Å². The van der Waals surface area contributed by atoms with Crippen LogP contribution in [0.4, 0.5) is 19.0 Å². The predicted octanol–water partition coefficient (Wildman–Crippen LogP) is 3.19. The molecular formula is C16H12F3N3O. The summed E-state index contributed by atoms with van der Waals surface area (Å²) >= 11 is 0. The van der Waals surface area contributed by atoms with Gasteiger partial charge in [-0.25, -0.2) is 23.1 Å². The number of aliphatic hydroxyl groups excluding tert-OH is 1. The van der Waals surface area contributed by atoms with E-state index in [-0.39, 0.29) is 28.8 Å². The average Bonchev–Trinajstić information content (AvgIpc) is 2.54. The summed E-state index contributed by atoms with van der Waals surface area (Å²) < 4.78 is 40.2. The van der Waals surface area contributed by atoms with Crippen molar-refractivity contribution in [1.29, 1.82) is 0 Å². The van der Waals surface area contributed by atoms with Crippen molar-refractivity contribution in [2.75, 3.05) is 11.9 Å². The van der Waals surface area contributed by atoms with Crippen LogP contribution in [0.5, 0.6) is 0 Å². The van der Waals surface area contributed by atoms with Crippen molar-refractivity contribution < 1.29 is 18.3 Å². The Kier molecular flexibility index (Phi) is 4.12. The molecule has 1 aromatic heterocycles. The molecule has 1 atom stereocenters. The number of anilines is 1. The number of hydrogen-bond donors (Lipinski definition) is 2. The van der Waals surface area contributed by atoms with E-state index in [1.54, 1.807) is 6.07 Å². The molecule has 0 fully saturated rings. The van der Waals surface area contributed by atoms with Gasteiger partial charge in [0.2, 0.25) is 0 Å². The normalized spacial score (nSPS) is 12.3. The van der Waals surface area contributed by atoms with Crippen LogP contribution in [0.3, 0.4) is 0 Å². The van der Waals surface area contributed by atoms with E-state index < -0.39 is 23.6 Å². The lowest BCUT2D eigenvalue weighted by molar-refractivity contribution is 0.186. The Bertz CT molecular complexity index is 857. The number of hydrogen-bond acceptors (Lipinski definition) is 4. The molecule has 2 N–H and O–H groups in total. The lowest BCUT2D eigenvalue weighted by Gasteiger charge is -2.14. The summed E-state index contributed by atoms with van der Waals surface area (Å²) in [7, 11) is 0. The van der Waals surface area contributed by atoms with Crippen LogP contribution in [0.2, 0.25) is 0 Å². The van der Waals surface area contributed by atoms with E-state index in [1.807, 2.05) is 0 Å². The molecule has 7 heteroatoms. The van der Waals surface area contributed by atoms with Crippen LogP contribution in [0.1, 0.15) is 11.7 Å². The Labute approximate surface area is 129 Å². The van der Waals surface area contributed by atoms with Crippen LogP contribution < -0.4 is 5.32 Å². The van der Waals surface area contributed by atoms with Crippen molar-refractivity contribution >= 4 is 16.7 Å². The van der Waals surface area contributed by atoms with E-state index in [9.17, 15) is 18.3 Å². The largest absolute Gasteiger partial charge is 0.386 e. The first-order valence-electron chi connectivity index (χ1n) is 6.82. The van der Waals surface area contributed by atoms with Gasteiger partial charge in [-0.05, 0) is 12.1 Å². The predicted molar refractivity (Wildman–Crippen MR) is 79.3 cm³/mol. The fraction of sp³-hybridized carbons (Fsp3) is 0.125. The van der Waals surface area contributed by atoms with Gasteiger partial charge in [0.25, 0.3) is 0 Å². The molecule has 0 bridgehead atoms. The Hall–Kier alpha value is -2.67. The highest BCUT2D eigenvalue weighted by Crippen LogP contribution is 2.23.